The van der Waals surface area contributed by atoms with Crippen molar-refractivity contribution >= 4 is 21.6 Å². The van der Waals surface area contributed by atoms with Crippen molar-refractivity contribution in [3.8, 4) is 5.75 Å². The molecule has 0 atom stereocenters. The summed E-state index contributed by atoms with van der Waals surface area (Å²) in [4.78, 5) is 11.5. The van der Waals surface area contributed by atoms with Crippen LogP contribution in [0.15, 0.2) is 35.9 Å². The minimum absolute atomic E-state index is 0.0562. The van der Waals surface area contributed by atoms with Gasteiger partial charge in [0.1, 0.15) is 5.75 Å². The van der Waals surface area contributed by atoms with E-state index in [1.807, 2.05) is 0 Å². The lowest BCUT2D eigenvalue weighted by Gasteiger charge is -2.05. The van der Waals surface area contributed by atoms with Gasteiger partial charge in [0.05, 0.1) is 11.7 Å². The summed E-state index contributed by atoms with van der Waals surface area (Å²) < 4.78 is 24.3. The third kappa shape index (κ3) is 5.89. The van der Waals surface area contributed by atoms with Crippen molar-refractivity contribution in [2.75, 3.05) is 11.9 Å². The lowest BCUT2D eigenvalue weighted by Crippen LogP contribution is -2.26. The topological polar surface area (TPSA) is 116 Å². The molecule has 8 heteroatoms. The highest BCUT2D eigenvalue weighted by molar-refractivity contribution is 7.92. The van der Waals surface area contributed by atoms with Crippen molar-refractivity contribution in [2.45, 2.75) is 6.42 Å². The van der Waals surface area contributed by atoms with Gasteiger partial charge in [-0.25, -0.2) is 13.1 Å². The van der Waals surface area contributed by atoms with E-state index in [0.717, 1.165) is 0 Å². The Morgan fingerprint density at radius 2 is 1.89 bits per heavy atom. The fourth-order valence-electron chi connectivity index (χ4n) is 1.20. The highest BCUT2D eigenvalue weighted by atomic mass is 32.2. The normalized spacial score (nSPS) is 11.6. The zero-order valence-electron chi connectivity index (χ0n) is 9.91. The molecule has 0 aliphatic heterocycles. The van der Waals surface area contributed by atoms with E-state index in [4.69, 9.17) is 10.2 Å². The maximum absolute atomic E-state index is 11.5. The van der Waals surface area contributed by atoms with E-state index in [1.165, 1.54) is 24.3 Å². The number of carbonyl (C=O) groups excluding carboxylic acids is 1. The number of anilines is 1. The zero-order chi connectivity index (χ0) is 14.3. The quantitative estimate of drug-likeness (QED) is 0.453. The SMILES string of the molecule is O=C(CCNS(=O)(=O)/C=C/O)Nc1ccc(O)cc1. The van der Waals surface area contributed by atoms with Crippen molar-refractivity contribution in [1.29, 1.82) is 0 Å². The van der Waals surface area contributed by atoms with Crippen LogP contribution < -0.4 is 10.0 Å². The first-order valence-corrected chi connectivity index (χ1v) is 6.87. The van der Waals surface area contributed by atoms with Crippen LogP contribution in [0.3, 0.4) is 0 Å². The number of aliphatic hydroxyl groups excluding tert-OH is 1. The Balaban J connectivity index is 2.38. The van der Waals surface area contributed by atoms with Gasteiger partial charge in [0.15, 0.2) is 0 Å². The number of nitrogens with one attached hydrogen (secondary N) is 2. The van der Waals surface area contributed by atoms with Gasteiger partial charge in [-0.2, -0.15) is 0 Å². The molecule has 0 bridgehead atoms. The number of amides is 1. The fourth-order valence-corrected chi connectivity index (χ4v) is 1.85. The molecule has 0 unspecified atom stereocenters. The van der Waals surface area contributed by atoms with Crippen molar-refractivity contribution in [3.63, 3.8) is 0 Å². The van der Waals surface area contributed by atoms with Crippen LogP contribution in [-0.4, -0.2) is 31.1 Å². The van der Waals surface area contributed by atoms with Crippen LogP contribution in [0.4, 0.5) is 5.69 Å². The Hall–Kier alpha value is -2.06. The second-order valence-electron chi connectivity index (χ2n) is 3.57. The second-order valence-corrected chi connectivity index (χ2v) is 5.22. The summed E-state index contributed by atoms with van der Waals surface area (Å²) in [5.41, 5.74) is 0.501. The van der Waals surface area contributed by atoms with Crippen LogP contribution in [0.2, 0.25) is 0 Å². The van der Waals surface area contributed by atoms with E-state index < -0.39 is 10.0 Å². The highest BCUT2D eigenvalue weighted by Gasteiger charge is 2.07. The summed E-state index contributed by atoms with van der Waals surface area (Å²) in [6.07, 6.45) is 0.345. The van der Waals surface area contributed by atoms with E-state index in [0.29, 0.717) is 17.4 Å². The van der Waals surface area contributed by atoms with Crippen LogP contribution in [0.25, 0.3) is 0 Å². The van der Waals surface area contributed by atoms with Crippen molar-refractivity contribution in [1.82, 2.24) is 4.72 Å². The minimum atomic E-state index is -3.70. The van der Waals surface area contributed by atoms with Gasteiger partial charge in [0.25, 0.3) is 0 Å². The molecule has 0 spiro atoms. The molecule has 0 fully saturated rings. The van der Waals surface area contributed by atoms with E-state index in [1.54, 1.807) is 0 Å². The number of phenols is 1. The summed E-state index contributed by atoms with van der Waals surface area (Å²) in [6.45, 7) is -0.0867. The van der Waals surface area contributed by atoms with Crippen LogP contribution in [-0.2, 0) is 14.8 Å². The van der Waals surface area contributed by atoms with Crippen LogP contribution in [0.5, 0.6) is 5.75 Å². The smallest absolute Gasteiger partial charge is 0.236 e. The molecule has 1 aromatic rings. The average Bonchev–Trinajstić information content (AvgIpc) is 2.31. The number of rotatable bonds is 6. The number of hydrogen-bond acceptors (Lipinski definition) is 5. The number of benzene rings is 1. The molecule has 1 aromatic carbocycles. The Bertz CT molecular complexity index is 551. The average molecular weight is 286 g/mol. The molecule has 0 heterocycles. The van der Waals surface area contributed by atoms with Gasteiger partial charge in [-0.3, -0.25) is 4.79 Å². The van der Waals surface area contributed by atoms with E-state index in [-0.39, 0.29) is 24.6 Å². The van der Waals surface area contributed by atoms with Gasteiger partial charge in [-0.15, -0.1) is 0 Å². The Morgan fingerprint density at radius 3 is 2.47 bits per heavy atom. The maximum Gasteiger partial charge on any atom is 0.236 e. The first-order chi connectivity index (χ1) is 8.93. The molecule has 0 aliphatic carbocycles. The maximum atomic E-state index is 11.5. The summed E-state index contributed by atoms with van der Waals surface area (Å²) >= 11 is 0. The molecule has 0 radical (unpaired) electrons. The van der Waals surface area contributed by atoms with Gasteiger partial charge < -0.3 is 15.5 Å². The van der Waals surface area contributed by atoms with E-state index >= 15 is 0 Å². The molecular weight excluding hydrogens is 272 g/mol. The van der Waals surface area contributed by atoms with Crippen molar-refractivity contribution < 1.29 is 23.4 Å². The number of carbonyl (C=O) groups is 1. The summed E-state index contributed by atoms with van der Waals surface area (Å²) in [6, 6.07) is 5.88. The molecule has 7 nitrogen and oxygen atoms in total. The summed E-state index contributed by atoms with van der Waals surface area (Å²) in [5, 5.41) is 20.5. The monoisotopic (exact) mass is 286 g/mol. The number of aromatic hydroxyl groups is 1. The van der Waals surface area contributed by atoms with E-state index in [2.05, 4.69) is 10.0 Å². The lowest BCUT2D eigenvalue weighted by molar-refractivity contribution is -0.116. The van der Waals surface area contributed by atoms with Crippen molar-refractivity contribution in [3.05, 3.63) is 35.9 Å². The fraction of sp³-hybridized carbons (Fsp3) is 0.182. The molecule has 4 N–H and O–H groups in total. The Labute approximate surface area is 110 Å². The molecule has 0 saturated heterocycles. The zero-order valence-corrected chi connectivity index (χ0v) is 10.7. The number of sulfonamides is 1. The predicted molar refractivity (Wildman–Crippen MR) is 70.0 cm³/mol. The third-order valence-corrected chi connectivity index (χ3v) is 3.13. The van der Waals surface area contributed by atoms with Gasteiger partial charge in [0.2, 0.25) is 15.9 Å². The van der Waals surface area contributed by atoms with Crippen LogP contribution in [0.1, 0.15) is 6.42 Å². The minimum Gasteiger partial charge on any atom is -0.515 e. The molecule has 1 rings (SSSR count). The Morgan fingerprint density at radius 1 is 1.26 bits per heavy atom. The predicted octanol–water partition coefficient (Wildman–Crippen LogP) is 0.669. The first kappa shape index (κ1) is 15.0. The summed E-state index contributed by atoms with van der Waals surface area (Å²) in [7, 11) is -3.70. The first-order valence-electron chi connectivity index (χ1n) is 5.32. The number of phenolic OH excluding ortho intramolecular Hbond substituents is 1. The lowest BCUT2D eigenvalue weighted by atomic mass is 10.3. The van der Waals surface area contributed by atoms with Gasteiger partial charge in [-0.05, 0) is 24.3 Å². The largest absolute Gasteiger partial charge is 0.515 e. The van der Waals surface area contributed by atoms with Crippen LogP contribution in [0, 0.1) is 0 Å². The molecule has 0 saturated carbocycles. The van der Waals surface area contributed by atoms with Crippen LogP contribution >= 0.6 is 0 Å². The molecule has 104 valence electrons. The second kappa shape index (κ2) is 6.76. The number of aliphatic hydroxyl groups is 1. The standard InChI is InChI=1S/C11H14N2O5S/c14-7-8-19(17,18)12-6-5-11(16)13-9-1-3-10(15)4-2-9/h1-4,7-8,12,14-15H,5-6H2,(H,13,16)/b8-7+. The molecule has 0 aliphatic rings. The van der Waals surface area contributed by atoms with Gasteiger partial charge in [-0.1, -0.05) is 0 Å². The molecule has 1 amide bonds. The molecule has 0 aromatic heterocycles. The molecular formula is C11H14N2O5S. The number of hydrogen-bond donors (Lipinski definition) is 4. The van der Waals surface area contributed by atoms with E-state index in [9.17, 15) is 13.2 Å². The van der Waals surface area contributed by atoms with Gasteiger partial charge in [0, 0.05) is 18.7 Å². The molecule has 19 heavy (non-hydrogen) atoms. The van der Waals surface area contributed by atoms with Crippen molar-refractivity contribution in [2.24, 2.45) is 0 Å². The summed E-state index contributed by atoms with van der Waals surface area (Å²) in [5.74, 6) is -0.289. The highest BCUT2D eigenvalue weighted by Crippen LogP contribution is 2.13. The Kier molecular flexibility index (Phi) is 5.34. The third-order valence-electron chi connectivity index (χ3n) is 2.05. The van der Waals surface area contributed by atoms with Gasteiger partial charge >= 0.3 is 0 Å².